The van der Waals surface area contributed by atoms with Crippen molar-refractivity contribution >= 4 is 22.9 Å². The molecule has 2 heterocycles. The van der Waals surface area contributed by atoms with Crippen molar-refractivity contribution in [3.8, 4) is 5.75 Å². The number of rotatable bonds is 5. The summed E-state index contributed by atoms with van der Waals surface area (Å²) in [6.45, 7) is 5.24. The molecule has 3 nitrogen and oxygen atoms in total. The van der Waals surface area contributed by atoms with Crippen LogP contribution in [-0.4, -0.2) is 29.6 Å². The molecule has 0 unspecified atom stereocenters. The first kappa shape index (κ1) is 19.3. The molecule has 0 aliphatic carbocycles. The summed E-state index contributed by atoms with van der Waals surface area (Å²) in [6, 6.07) is 9.71. The number of hydrogen-bond donors (Lipinski definition) is 0. The minimum absolute atomic E-state index is 0.121. The average Bonchev–Trinajstić information content (AvgIpc) is 3.06. The number of fused-ring (bicyclic) bond motifs is 1. The maximum absolute atomic E-state index is 13.8. The predicted octanol–water partition coefficient (Wildman–Crippen LogP) is 5.83. The van der Waals surface area contributed by atoms with Crippen molar-refractivity contribution < 1.29 is 13.0 Å². The van der Waals surface area contributed by atoms with Crippen LogP contribution >= 0.6 is 12.0 Å². The van der Waals surface area contributed by atoms with Crippen LogP contribution in [0.2, 0.25) is 0 Å². The second kappa shape index (κ2) is 8.13. The molecule has 3 aromatic rings. The lowest BCUT2D eigenvalue weighted by Gasteiger charge is -2.28. The number of aromatic nitrogens is 1. The zero-order valence-electron chi connectivity index (χ0n) is 16.1. The van der Waals surface area contributed by atoms with Crippen molar-refractivity contribution in [3.05, 3.63) is 59.8 Å². The molecule has 28 heavy (non-hydrogen) atoms. The highest BCUT2D eigenvalue weighted by Crippen LogP contribution is 2.37. The fourth-order valence-corrected chi connectivity index (χ4v) is 4.49. The highest BCUT2D eigenvalue weighted by Gasteiger charge is 2.22. The molecule has 1 aliphatic heterocycles. The summed E-state index contributed by atoms with van der Waals surface area (Å²) in [5, 5.41) is 1.17. The second-order valence-electron chi connectivity index (χ2n) is 7.34. The third-order valence-electron chi connectivity index (χ3n) is 5.52. The zero-order valence-corrected chi connectivity index (χ0v) is 16.9. The number of hydrogen-bond acceptors (Lipinski definition) is 3. The van der Waals surface area contributed by atoms with E-state index in [0.29, 0.717) is 11.7 Å². The molecule has 0 bridgehead atoms. The SMILES string of the molecule is CCn1cc(C2CCN(C)CC2)c2cc(OSc3c(F)cccc3F)ccc21. The maximum Gasteiger partial charge on any atom is 0.143 e. The Kier molecular flexibility index (Phi) is 5.60. The number of likely N-dealkylation sites (tertiary alicyclic amines) is 1. The maximum atomic E-state index is 13.8. The van der Waals surface area contributed by atoms with Gasteiger partial charge >= 0.3 is 0 Å². The summed E-state index contributed by atoms with van der Waals surface area (Å²) in [5.41, 5.74) is 2.52. The molecule has 0 amide bonds. The third kappa shape index (κ3) is 3.76. The first-order valence-corrected chi connectivity index (χ1v) is 10.4. The Labute approximate surface area is 168 Å². The van der Waals surface area contributed by atoms with Gasteiger partial charge in [-0.05, 0) is 81.7 Å². The van der Waals surface area contributed by atoms with Gasteiger partial charge in [0, 0.05) is 23.6 Å². The van der Waals surface area contributed by atoms with Crippen LogP contribution in [0.3, 0.4) is 0 Å². The van der Waals surface area contributed by atoms with Crippen molar-refractivity contribution in [1.82, 2.24) is 9.47 Å². The third-order valence-corrected chi connectivity index (χ3v) is 6.36. The van der Waals surface area contributed by atoms with Gasteiger partial charge in [-0.1, -0.05) is 6.07 Å². The Morgan fingerprint density at radius 3 is 2.50 bits per heavy atom. The van der Waals surface area contributed by atoms with E-state index in [0.717, 1.165) is 44.5 Å². The van der Waals surface area contributed by atoms with E-state index >= 15 is 0 Å². The van der Waals surface area contributed by atoms with Crippen LogP contribution in [0, 0.1) is 11.6 Å². The lowest BCUT2D eigenvalue weighted by molar-refractivity contribution is 0.256. The van der Waals surface area contributed by atoms with E-state index < -0.39 is 11.6 Å². The van der Waals surface area contributed by atoms with Gasteiger partial charge in [-0.2, -0.15) is 0 Å². The number of aryl methyl sites for hydroxylation is 1. The van der Waals surface area contributed by atoms with Gasteiger partial charge in [-0.15, -0.1) is 0 Å². The molecule has 0 radical (unpaired) electrons. The summed E-state index contributed by atoms with van der Waals surface area (Å²) in [6.07, 6.45) is 4.54. The number of nitrogens with zero attached hydrogens (tertiary/aromatic N) is 2. The van der Waals surface area contributed by atoms with Crippen molar-refractivity contribution in [2.24, 2.45) is 0 Å². The summed E-state index contributed by atoms with van der Waals surface area (Å²) in [5.74, 6) is -0.105. The molecular weight excluding hydrogens is 378 g/mol. The molecule has 0 spiro atoms. The molecule has 0 saturated carbocycles. The Bertz CT molecular complexity index is 960. The first-order valence-electron chi connectivity index (χ1n) is 9.66. The van der Waals surface area contributed by atoms with Crippen molar-refractivity contribution in [1.29, 1.82) is 0 Å². The van der Waals surface area contributed by atoms with E-state index in [2.05, 4.69) is 29.6 Å². The van der Waals surface area contributed by atoms with Gasteiger partial charge < -0.3 is 13.7 Å². The molecule has 1 saturated heterocycles. The molecule has 0 N–H and O–H groups in total. The fourth-order valence-electron chi connectivity index (χ4n) is 3.91. The molecule has 6 heteroatoms. The second-order valence-corrected chi connectivity index (χ2v) is 8.09. The minimum Gasteiger partial charge on any atom is -0.420 e. The highest BCUT2D eigenvalue weighted by atomic mass is 32.2. The topological polar surface area (TPSA) is 17.4 Å². The van der Waals surface area contributed by atoms with Crippen LogP contribution in [0.4, 0.5) is 8.78 Å². The van der Waals surface area contributed by atoms with Gasteiger partial charge in [0.05, 0.1) is 12.0 Å². The molecule has 1 fully saturated rings. The van der Waals surface area contributed by atoms with Gasteiger partial charge in [0.2, 0.25) is 0 Å². The molecule has 148 valence electrons. The van der Waals surface area contributed by atoms with Crippen LogP contribution in [-0.2, 0) is 6.54 Å². The molecular formula is C22H24F2N2OS. The van der Waals surface area contributed by atoms with Crippen molar-refractivity contribution in [2.45, 2.75) is 37.1 Å². The van der Waals surface area contributed by atoms with E-state index in [1.807, 2.05) is 18.2 Å². The number of piperidine rings is 1. The molecule has 1 aliphatic rings. The standard InChI is InChI=1S/C22H24F2N2OS/c1-3-26-14-18(15-9-11-25(2)12-10-15)17-13-16(7-8-21(17)26)27-28-22-19(23)5-4-6-20(22)24/h4-8,13-15H,3,9-12H2,1-2H3. The zero-order chi connectivity index (χ0) is 19.7. The average molecular weight is 403 g/mol. The Balaban J connectivity index is 1.63. The molecule has 2 aromatic carbocycles. The van der Waals surface area contributed by atoms with Crippen molar-refractivity contribution in [2.75, 3.05) is 20.1 Å². The van der Waals surface area contributed by atoms with Gasteiger partial charge in [0.1, 0.15) is 22.3 Å². The van der Waals surface area contributed by atoms with Crippen LogP contribution < -0.4 is 4.18 Å². The van der Waals surface area contributed by atoms with Gasteiger partial charge in [-0.3, -0.25) is 0 Å². The quantitative estimate of drug-likeness (QED) is 0.500. The van der Waals surface area contributed by atoms with E-state index in [1.165, 1.54) is 34.7 Å². The van der Waals surface area contributed by atoms with Crippen LogP contribution in [0.15, 0.2) is 47.5 Å². The van der Waals surface area contributed by atoms with E-state index in [4.69, 9.17) is 4.18 Å². The van der Waals surface area contributed by atoms with E-state index in [1.54, 1.807) is 0 Å². The summed E-state index contributed by atoms with van der Waals surface area (Å²) in [4.78, 5) is 2.24. The predicted molar refractivity (Wildman–Crippen MR) is 110 cm³/mol. The number of benzene rings is 2. The molecule has 4 rings (SSSR count). The lowest BCUT2D eigenvalue weighted by Crippen LogP contribution is -2.29. The summed E-state index contributed by atoms with van der Waals surface area (Å²) in [7, 11) is 2.16. The first-order chi connectivity index (χ1) is 13.6. The van der Waals surface area contributed by atoms with Crippen LogP contribution in [0.5, 0.6) is 5.75 Å². The Morgan fingerprint density at radius 1 is 1.11 bits per heavy atom. The number of halogens is 2. The van der Waals surface area contributed by atoms with E-state index in [9.17, 15) is 8.78 Å². The highest BCUT2D eigenvalue weighted by molar-refractivity contribution is 7.95. The normalized spacial score (nSPS) is 16.0. The Hall–Kier alpha value is -2.05. The molecule has 0 atom stereocenters. The fraction of sp³-hybridized carbons (Fsp3) is 0.364. The van der Waals surface area contributed by atoms with Crippen LogP contribution in [0.1, 0.15) is 31.2 Å². The summed E-state index contributed by atoms with van der Waals surface area (Å²) >= 11 is 0.726. The van der Waals surface area contributed by atoms with Gasteiger partial charge in [0.15, 0.2) is 0 Å². The molecule has 1 aromatic heterocycles. The smallest absolute Gasteiger partial charge is 0.143 e. The van der Waals surface area contributed by atoms with Gasteiger partial charge in [0.25, 0.3) is 0 Å². The minimum atomic E-state index is -0.616. The van der Waals surface area contributed by atoms with Gasteiger partial charge in [-0.25, -0.2) is 8.78 Å². The largest absolute Gasteiger partial charge is 0.420 e. The lowest BCUT2D eigenvalue weighted by atomic mass is 9.89. The van der Waals surface area contributed by atoms with Crippen molar-refractivity contribution in [3.63, 3.8) is 0 Å². The summed E-state index contributed by atoms with van der Waals surface area (Å²) < 4.78 is 35.6. The monoisotopic (exact) mass is 402 g/mol. The van der Waals surface area contributed by atoms with E-state index in [-0.39, 0.29) is 4.90 Å². The Morgan fingerprint density at radius 2 is 1.82 bits per heavy atom. The van der Waals surface area contributed by atoms with Crippen LogP contribution in [0.25, 0.3) is 10.9 Å².